The summed E-state index contributed by atoms with van der Waals surface area (Å²) >= 11 is 5.79. The van der Waals surface area contributed by atoms with E-state index in [1.165, 1.54) is 6.07 Å². The van der Waals surface area contributed by atoms with Gasteiger partial charge in [-0.25, -0.2) is 0 Å². The highest BCUT2D eigenvalue weighted by Gasteiger charge is 2.21. The Morgan fingerprint density at radius 2 is 2.24 bits per heavy atom. The number of hydrogen-bond donors (Lipinski definition) is 2. The molecule has 0 aliphatic carbocycles. The fourth-order valence-corrected chi connectivity index (χ4v) is 2.51. The minimum atomic E-state index is -0.321. The van der Waals surface area contributed by atoms with Crippen LogP contribution < -0.4 is 10.9 Å². The summed E-state index contributed by atoms with van der Waals surface area (Å²) < 4.78 is 5.20. The zero-order valence-corrected chi connectivity index (χ0v) is 11.8. The number of piperidine rings is 1. The molecule has 8 heteroatoms. The maximum Gasteiger partial charge on any atom is 0.249 e. The molecule has 1 aliphatic rings. The van der Waals surface area contributed by atoms with Gasteiger partial charge < -0.3 is 14.8 Å². The van der Waals surface area contributed by atoms with Crippen LogP contribution in [-0.4, -0.2) is 27.6 Å². The number of nitrogens with zero attached hydrogens (tertiary/aromatic N) is 2. The van der Waals surface area contributed by atoms with Gasteiger partial charge in [0, 0.05) is 31.0 Å². The molecule has 0 bridgehead atoms. The summed E-state index contributed by atoms with van der Waals surface area (Å²) in [5.41, 5.74) is 0.189. The van der Waals surface area contributed by atoms with E-state index in [4.69, 9.17) is 16.1 Å². The van der Waals surface area contributed by atoms with Crippen molar-refractivity contribution in [2.24, 2.45) is 5.92 Å². The molecule has 0 radical (unpaired) electrons. The second kappa shape index (κ2) is 5.69. The van der Waals surface area contributed by atoms with Crippen LogP contribution in [0.4, 0.5) is 0 Å². The van der Waals surface area contributed by atoms with Crippen molar-refractivity contribution in [2.75, 3.05) is 6.54 Å². The lowest BCUT2D eigenvalue weighted by Gasteiger charge is -2.20. The van der Waals surface area contributed by atoms with Crippen LogP contribution in [0.1, 0.15) is 18.7 Å². The molecular formula is C13H13ClN4O3. The third-order valence-electron chi connectivity index (χ3n) is 3.37. The number of rotatable bonds is 3. The maximum atomic E-state index is 11.4. The summed E-state index contributed by atoms with van der Waals surface area (Å²) in [6.07, 6.45) is 1.93. The zero-order valence-electron chi connectivity index (χ0n) is 11.1. The number of hydrogen-bond acceptors (Lipinski definition) is 5. The Hall–Kier alpha value is -2.15. The third-order valence-corrected chi connectivity index (χ3v) is 3.57. The monoisotopic (exact) mass is 308 g/mol. The molecule has 2 aromatic rings. The smallest absolute Gasteiger partial charge is 0.249 e. The topological polar surface area (TPSA) is 101 Å². The van der Waals surface area contributed by atoms with Crippen LogP contribution in [0.25, 0.3) is 11.4 Å². The van der Waals surface area contributed by atoms with Gasteiger partial charge >= 0.3 is 0 Å². The molecule has 1 aliphatic heterocycles. The van der Waals surface area contributed by atoms with Crippen molar-refractivity contribution in [3.63, 3.8) is 0 Å². The summed E-state index contributed by atoms with van der Waals surface area (Å²) in [5.74, 6) is 1.19. The Bertz CT molecular complexity index is 714. The summed E-state index contributed by atoms with van der Waals surface area (Å²) in [7, 11) is 0. The van der Waals surface area contributed by atoms with Gasteiger partial charge in [0.2, 0.25) is 23.2 Å². The molecule has 1 fully saturated rings. The first kappa shape index (κ1) is 13.8. The average molecular weight is 309 g/mol. The van der Waals surface area contributed by atoms with Gasteiger partial charge in [-0.2, -0.15) is 4.98 Å². The summed E-state index contributed by atoms with van der Waals surface area (Å²) in [4.78, 5) is 29.2. The van der Waals surface area contributed by atoms with E-state index in [1.807, 2.05) is 0 Å². The van der Waals surface area contributed by atoms with Crippen molar-refractivity contribution in [1.82, 2.24) is 20.4 Å². The van der Waals surface area contributed by atoms with Crippen molar-refractivity contribution in [3.8, 4) is 11.4 Å². The first-order valence-electron chi connectivity index (χ1n) is 6.59. The Labute approximate surface area is 124 Å². The highest BCUT2D eigenvalue weighted by atomic mass is 35.5. The molecule has 2 aromatic heterocycles. The van der Waals surface area contributed by atoms with Crippen LogP contribution in [0.2, 0.25) is 5.15 Å². The minimum absolute atomic E-state index is 0.0793. The van der Waals surface area contributed by atoms with Crippen LogP contribution in [0.5, 0.6) is 0 Å². The van der Waals surface area contributed by atoms with Crippen LogP contribution in [0.15, 0.2) is 21.5 Å². The molecule has 0 saturated carbocycles. The van der Waals surface area contributed by atoms with Crippen molar-refractivity contribution < 1.29 is 9.32 Å². The highest BCUT2D eigenvalue weighted by Crippen LogP contribution is 2.20. The van der Waals surface area contributed by atoms with Crippen LogP contribution in [0, 0.1) is 5.92 Å². The van der Waals surface area contributed by atoms with Crippen LogP contribution >= 0.6 is 11.6 Å². The molecule has 3 rings (SSSR count). The van der Waals surface area contributed by atoms with Crippen LogP contribution in [-0.2, 0) is 11.2 Å². The standard InChI is InChI=1S/C13H13ClN4O3/c14-9-4-8(5-11(20)16-9)13-17-12(21-18-13)3-7-1-2-10(19)15-6-7/h4-5,7H,1-3,6H2,(H,15,19)(H,16,20). The molecule has 2 N–H and O–H groups in total. The van der Waals surface area contributed by atoms with E-state index in [0.29, 0.717) is 42.6 Å². The van der Waals surface area contributed by atoms with E-state index >= 15 is 0 Å². The second-order valence-electron chi connectivity index (χ2n) is 5.01. The molecule has 21 heavy (non-hydrogen) atoms. The molecule has 1 saturated heterocycles. The Kier molecular flexibility index (Phi) is 3.74. The van der Waals surface area contributed by atoms with E-state index in [2.05, 4.69) is 20.4 Å². The fourth-order valence-electron chi connectivity index (χ4n) is 2.30. The molecule has 7 nitrogen and oxygen atoms in total. The molecule has 110 valence electrons. The number of nitrogens with one attached hydrogen (secondary N) is 2. The maximum absolute atomic E-state index is 11.4. The lowest BCUT2D eigenvalue weighted by Crippen LogP contribution is -2.35. The molecule has 1 atom stereocenters. The predicted molar refractivity (Wildman–Crippen MR) is 74.8 cm³/mol. The average Bonchev–Trinajstić information content (AvgIpc) is 2.89. The third kappa shape index (κ3) is 3.30. The largest absolute Gasteiger partial charge is 0.356 e. The van der Waals surface area contributed by atoms with Crippen molar-refractivity contribution in [2.45, 2.75) is 19.3 Å². The minimum Gasteiger partial charge on any atom is -0.356 e. The first-order chi connectivity index (χ1) is 10.1. The van der Waals surface area contributed by atoms with E-state index in [1.54, 1.807) is 6.07 Å². The van der Waals surface area contributed by atoms with E-state index < -0.39 is 0 Å². The van der Waals surface area contributed by atoms with Gasteiger partial charge in [0.05, 0.1) is 0 Å². The van der Waals surface area contributed by atoms with Crippen LogP contribution in [0.3, 0.4) is 0 Å². The second-order valence-corrected chi connectivity index (χ2v) is 5.41. The number of H-pyrrole nitrogens is 1. The SMILES string of the molecule is O=C1CCC(Cc2nc(-c3cc(Cl)[nH]c(=O)c3)no2)CN1. The lowest BCUT2D eigenvalue weighted by atomic mass is 9.96. The quantitative estimate of drug-likeness (QED) is 0.828. The summed E-state index contributed by atoms with van der Waals surface area (Å²) in [5, 5.41) is 6.90. The predicted octanol–water partition coefficient (Wildman–Crippen LogP) is 1.15. The number of pyridine rings is 1. The van der Waals surface area contributed by atoms with Gasteiger partial charge in [-0.1, -0.05) is 16.8 Å². The molecule has 0 aromatic carbocycles. The Morgan fingerprint density at radius 1 is 1.38 bits per heavy atom. The number of carbonyl (C=O) groups excluding carboxylic acids is 1. The van der Waals surface area contributed by atoms with Crippen molar-refractivity contribution >= 4 is 17.5 Å². The highest BCUT2D eigenvalue weighted by molar-refractivity contribution is 6.29. The van der Waals surface area contributed by atoms with Gasteiger partial charge in [-0.3, -0.25) is 9.59 Å². The normalized spacial score (nSPS) is 18.5. The molecule has 1 unspecified atom stereocenters. The van der Waals surface area contributed by atoms with Crippen molar-refractivity contribution in [1.29, 1.82) is 0 Å². The van der Waals surface area contributed by atoms with E-state index in [-0.39, 0.29) is 16.6 Å². The van der Waals surface area contributed by atoms with Crippen molar-refractivity contribution in [3.05, 3.63) is 33.5 Å². The molecule has 3 heterocycles. The fraction of sp³-hybridized carbons (Fsp3) is 0.385. The van der Waals surface area contributed by atoms with Gasteiger partial charge in [-0.05, 0) is 18.4 Å². The van der Waals surface area contributed by atoms with Gasteiger partial charge in [-0.15, -0.1) is 0 Å². The first-order valence-corrected chi connectivity index (χ1v) is 6.97. The number of aromatic nitrogens is 3. The number of aromatic amines is 1. The van der Waals surface area contributed by atoms with Gasteiger partial charge in [0.1, 0.15) is 5.15 Å². The Morgan fingerprint density at radius 3 is 2.95 bits per heavy atom. The number of carbonyl (C=O) groups is 1. The number of amides is 1. The van der Waals surface area contributed by atoms with Gasteiger partial charge in [0.25, 0.3) is 0 Å². The lowest BCUT2D eigenvalue weighted by molar-refractivity contribution is -0.122. The number of halogens is 1. The molecule has 1 amide bonds. The zero-order chi connectivity index (χ0) is 14.8. The Balaban J connectivity index is 1.74. The van der Waals surface area contributed by atoms with E-state index in [0.717, 1.165) is 6.42 Å². The molecular weight excluding hydrogens is 296 g/mol. The van der Waals surface area contributed by atoms with E-state index in [9.17, 15) is 9.59 Å². The molecule has 0 spiro atoms. The summed E-state index contributed by atoms with van der Waals surface area (Å²) in [6, 6.07) is 2.93. The summed E-state index contributed by atoms with van der Waals surface area (Å²) in [6.45, 7) is 0.618. The van der Waals surface area contributed by atoms with Gasteiger partial charge in [0.15, 0.2) is 0 Å².